The van der Waals surface area contributed by atoms with E-state index in [2.05, 4.69) is 19.2 Å². The predicted octanol–water partition coefficient (Wildman–Crippen LogP) is 3.16. The fraction of sp³-hybridized carbons (Fsp3) is 0.500. The molecular weight excluding hydrogens is 294 g/mol. The molecule has 0 unspecified atom stereocenters. The molecule has 114 valence electrons. The van der Waals surface area contributed by atoms with Gasteiger partial charge in [0.25, 0.3) is 11.6 Å². The first-order chi connectivity index (χ1) is 9.75. The zero-order valence-electron chi connectivity index (χ0n) is 12.3. The van der Waals surface area contributed by atoms with Gasteiger partial charge >= 0.3 is 0 Å². The Balaban J connectivity index is 2.37. The fourth-order valence-corrected chi connectivity index (χ4v) is 2.88. The predicted molar refractivity (Wildman–Crippen MR) is 82.0 cm³/mol. The monoisotopic (exact) mass is 311 g/mol. The minimum atomic E-state index is -0.539. The summed E-state index contributed by atoms with van der Waals surface area (Å²) in [5, 5.41) is 14.0. The second kappa shape index (κ2) is 5.52. The van der Waals surface area contributed by atoms with Gasteiger partial charge in [0.2, 0.25) is 0 Å². The molecule has 0 spiro atoms. The van der Waals surface area contributed by atoms with Crippen molar-refractivity contribution in [1.82, 2.24) is 4.90 Å². The van der Waals surface area contributed by atoms with E-state index < -0.39 is 4.92 Å². The third kappa shape index (κ3) is 3.10. The highest BCUT2D eigenvalue weighted by Crippen LogP contribution is 2.35. The van der Waals surface area contributed by atoms with E-state index in [4.69, 9.17) is 11.6 Å². The van der Waals surface area contributed by atoms with Crippen LogP contribution in [0.3, 0.4) is 0 Å². The number of benzene rings is 1. The standard InChI is InChI=1S/C14H18ClN3O3/c1-14(2)4-5-17(8-14)13(19)9-6-10(15)12(16-3)11(7-9)18(20)21/h6-7,16H,4-5,8H2,1-3H3. The lowest BCUT2D eigenvalue weighted by Gasteiger charge is -2.20. The third-order valence-electron chi connectivity index (χ3n) is 3.73. The lowest BCUT2D eigenvalue weighted by atomic mass is 9.93. The second-order valence-corrected chi connectivity index (χ2v) is 6.41. The number of halogens is 1. The van der Waals surface area contributed by atoms with Crippen molar-refractivity contribution in [1.29, 1.82) is 0 Å². The van der Waals surface area contributed by atoms with Gasteiger partial charge in [-0.3, -0.25) is 14.9 Å². The second-order valence-electron chi connectivity index (χ2n) is 6.00. The molecule has 6 nitrogen and oxygen atoms in total. The molecule has 0 atom stereocenters. The van der Waals surface area contributed by atoms with Crippen molar-refractivity contribution in [2.45, 2.75) is 20.3 Å². The molecule has 1 heterocycles. The zero-order chi connectivity index (χ0) is 15.8. The summed E-state index contributed by atoms with van der Waals surface area (Å²) in [4.78, 5) is 24.8. The van der Waals surface area contributed by atoms with Crippen LogP contribution in [0, 0.1) is 15.5 Å². The van der Waals surface area contributed by atoms with Crippen molar-refractivity contribution >= 4 is 28.9 Å². The maximum absolute atomic E-state index is 12.5. The van der Waals surface area contributed by atoms with E-state index in [1.54, 1.807) is 11.9 Å². The number of nitro groups is 1. The van der Waals surface area contributed by atoms with Crippen LogP contribution in [0.5, 0.6) is 0 Å². The van der Waals surface area contributed by atoms with E-state index in [0.717, 1.165) is 6.42 Å². The summed E-state index contributed by atoms with van der Waals surface area (Å²) >= 11 is 6.05. The number of carbonyl (C=O) groups excluding carboxylic acids is 1. The average molecular weight is 312 g/mol. The normalized spacial score (nSPS) is 16.9. The van der Waals surface area contributed by atoms with Gasteiger partial charge < -0.3 is 10.2 Å². The van der Waals surface area contributed by atoms with Crippen LogP contribution >= 0.6 is 11.6 Å². The Labute approximate surface area is 128 Å². The Morgan fingerprint density at radius 2 is 2.14 bits per heavy atom. The molecule has 0 aromatic heterocycles. The molecule has 7 heteroatoms. The third-order valence-corrected chi connectivity index (χ3v) is 4.03. The topological polar surface area (TPSA) is 75.5 Å². The van der Waals surface area contributed by atoms with E-state index in [9.17, 15) is 14.9 Å². The molecule has 0 aliphatic carbocycles. The molecule has 0 saturated carbocycles. The van der Waals surface area contributed by atoms with Crippen molar-refractivity contribution in [2.75, 3.05) is 25.5 Å². The molecule has 0 bridgehead atoms. The summed E-state index contributed by atoms with van der Waals surface area (Å²) in [6.45, 7) is 5.50. The Hall–Kier alpha value is -1.82. The maximum atomic E-state index is 12.5. The number of carbonyl (C=O) groups is 1. The van der Waals surface area contributed by atoms with Gasteiger partial charge in [0, 0.05) is 31.8 Å². The number of likely N-dealkylation sites (tertiary alicyclic amines) is 1. The van der Waals surface area contributed by atoms with Crippen molar-refractivity contribution in [3.63, 3.8) is 0 Å². The SMILES string of the molecule is CNc1c(Cl)cc(C(=O)N2CCC(C)(C)C2)cc1[N+](=O)[O-]. The van der Waals surface area contributed by atoms with Gasteiger partial charge in [0.1, 0.15) is 5.69 Å². The van der Waals surface area contributed by atoms with Crippen LogP contribution in [0.4, 0.5) is 11.4 Å². The van der Waals surface area contributed by atoms with E-state index in [1.807, 2.05) is 0 Å². The average Bonchev–Trinajstić information content (AvgIpc) is 2.77. The first kappa shape index (κ1) is 15.6. The van der Waals surface area contributed by atoms with Crippen molar-refractivity contribution in [3.8, 4) is 0 Å². The van der Waals surface area contributed by atoms with E-state index in [1.165, 1.54) is 12.1 Å². The summed E-state index contributed by atoms with van der Waals surface area (Å²) in [7, 11) is 1.55. The van der Waals surface area contributed by atoms with Gasteiger partial charge in [-0.15, -0.1) is 0 Å². The molecule has 0 radical (unpaired) electrons. The molecule has 2 rings (SSSR count). The maximum Gasteiger partial charge on any atom is 0.294 e. The van der Waals surface area contributed by atoms with Gasteiger partial charge in [0.05, 0.1) is 9.95 Å². The van der Waals surface area contributed by atoms with Crippen molar-refractivity contribution < 1.29 is 9.72 Å². The Bertz CT molecular complexity index is 601. The molecule has 21 heavy (non-hydrogen) atoms. The minimum Gasteiger partial charge on any atom is -0.381 e. The number of hydrogen-bond donors (Lipinski definition) is 1. The summed E-state index contributed by atoms with van der Waals surface area (Å²) < 4.78 is 0. The van der Waals surface area contributed by atoms with Gasteiger partial charge in [-0.1, -0.05) is 25.4 Å². The molecule has 1 fully saturated rings. The summed E-state index contributed by atoms with van der Waals surface area (Å²) in [5.41, 5.74) is 0.367. The number of hydrogen-bond acceptors (Lipinski definition) is 4. The highest BCUT2D eigenvalue weighted by Gasteiger charge is 2.33. The summed E-state index contributed by atoms with van der Waals surface area (Å²) in [6.07, 6.45) is 0.920. The number of amides is 1. The van der Waals surface area contributed by atoms with Crippen LogP contribution in [0.25, 0.3) is 0 Å². The Morgan fingerprint density at radius 1 is 1.48 bits per heavy atom. The highest BCUT2D eigenvalue weighted by molar-refractivity contribution is 6.34. The molecule has 1 amide bonds. The molecule has 1 aromatic carbocycles. The van der Waals surface area contributed by atoms with E-state index in [-0.39, 0.29) is 33.3 Å². The van der Waals surface area contributed by atoms with Crippen LogP contribution in [0.15, 0.2) is 12.1 Å². The molecule has 1 aliphatic rings. The summed E-state index contributed by atoms with van der Waals surface area (Å²) in [6, 6.07) is 2.76. The zero-order valence-corrected chi connectivity index (χ0v) is 13.0. The summed E-state index contributed by atoms with van der Waals surface area (Å²) in [5.74, 6) is -0.215. The fourth-order valence-electron chi connectivity index (χ4n) is 2.58. The van der Waals surface area contributed by atoms with E-state index >= 15 is 0 Å². The molecule has 1 aromatic rings. The smallest absolute Gasteiger partial charge is 0.294 e. The van der Waals surface area contributed by atoms with Gasteiger partial charge in [-0.2, -0.15) is 0 Å². The minimum absolute atomic E-state index is 0.0797. The van der Waals surface area contributed by atoms with Crippen LogP contribution in [0.2, 0.25) is 5.02 Å². The Kier molecular flexibility index (Phi) is 4.09. The van der Waals surface area contributed by atoms with Gasteiger partial charge in [0.15, 0.2) is 0 Å². The first-order valence-corrected chi connectivity index (χ1v) is 7.08. The quantitative estimate of drug-likeness (QED) is 0.687. The van der Waals surface area contributed by atoms with E-state index in [0.29, 0.717) is 13.1 Å². The molecule has 1 aliphatic heterocycles. The number of nitro benzene ring substituents is 1. The lowest BCUT2D eigenvalue weighted by molar-refractivity contribution is -0.384. The number of nitrogens with zero attached hydrogens (tertiary/aromatic N) is 2. The van der Waals surface area contributed by atoms with Crippen LogP contribution in [0.1, 0.15) is 30.6 Å². The first-order valence-electron chi connectivity index (χ1n) is 6.70. The van der Waals surface area contributed by atoms with Crippen molar-refractivity contribution in [2.24, 2.45) is 5.41 Å². The van der Waals surface area contributed by atoms with Crippen LogP contribution in [-0.2, 0) is 0 Å². The van der Waals surface area contributed by atoms with Crippen LogP contribution in [-0.4, -0.2) is 35.9 Å². The van der Waals surface area contributed by atoms with Gasteiger partial charge in [-0.05, 0) is 17.9 Å². The number of nitrogens with one attached hydrogen (secondary N) is 1. The number of rotatable bonds is 3. The Morgan fingerprint density at radius 3 is 2.62 bits per heavy atom. The number of anilines is 1. The molecule has 1 saturated heterocycles. The molecule has 1 N–H and O–H groups in total. The van der Waals surface area contributed by atoms with Crippen LogP contribution < -0.4 is 5.32 Å². The lowest BCUT2D eigenvalue weighted by Crippen LogP contribution is -2.30. The van der Waals surface area contributed by atoms with Crippen molar-refractivity contribution in [3.05, 3.63) is 32.8 Å². The van der Waals surface area contributed by atoms with Gasteiger partial charge in [-0.25, -0.2) is 0 Å². The largest absolute Gasteiger partial charge is 0.381 e. The highest BCUT2D eigenvalue weighted by atomic mass is 35.5. The molecular formula is C14H18ClN3O3.